The number of aromatic nitrogens is 3. The first-order chi connectivity index (χ1) is 9.46. The summed E-state index contributed by atoms with van der Waals surface area (Å²) in [6.07, 6.45) is 3.99. The summed E-state index contributed by atoms with van der Waals surface area (Å²) < 4.78 is 2.00. The largest absolute Gasteiger partial charge is 0.308 e. The summed E-state index contributed by atoms with van der Waals surface area (Å²) in [5.74, 6) is 1.07. The lowest BCUT2D eigenvalue weighted by molar-refractivity contribution is 0.0134. The van der Waals surface area contributed by atoms with Gasteiger partial charge in [-0.2, -0.15) is 5.10 Å². The van der Waals surface area contributed by atoms with E-state index in [9.17, 15) is 0 Å². The van der Waals surface area contributed by atoms with Gasteiger partial charge in [0, 0.05) is 30.7 Å². The molecule has 1 saturated heterocycles. The van der Waals surface area contributed by atoms with E-state index in [2.05, 4.69) is 54.9 Å². The van der Waals surface area contributed by atoms with Crippen LogP contribution in [0, 0.1) is 0 Å². The lowest BCUT2D eigenvalue weighted by Gasteiger charge is -2.51. The molecule has 1 N–H and O–H groups in total. The molecule has 1 aromatic rings. The minimum Gasteiger partial charge on any atom is -0.308 e. The van der Waals surface area contributed by atoms with Crippen molar-refractivity contribution in [1.29, 1.82) is 0 Å². The molecule has 0 radical (unpaired) electrons. The Morgan fingerprint density at radius 1 is 1.25 bits per heavy atom. The highest BCUT2D eigenvalue weighted by Crippen LogP contribution is 2.29. The Kier molecular flexibility index (Phi) is 4.49. The standard InChI is InChI=1S/C15H29N5/c1-6-15(7-2)11-19(14(4,5)10-17-15)9-13-16-12-18-20(13)8-3/h12,17H,6-11H2,1-5H3. The predicted molar refractivity (Wildman–Crippen MR) is 81.5 cm³/mol. The van der Waals surface area contributed by atoms with Crippen LogP contribution in [-0.4, -0.2) is 43.8 Å². The molecule has 1 aliphatic heterocycles. The molecule has 0 amide bonds. The fourth-order valence-electron chi connectivity index (χ4n) is 2.99. The molecule has 1 aromatic heterocycles. The second kappa shape index (κ2) is 5.82. The lowest BCUT2D eigenvalue weighted by atomic mass is 9.85. The summed E-state index contributed by atoms with van der Waals surface area (Å²) in [7, 11) is 0. The predicted octanol–water partition coefficient (Wildman–Crippen LogP) is 2.04. The number of aryl methyl sites for hydroxylation is 1. The fraction of sp³-hybridized carbons (Fsp3) is 0.867. The Labute approximate surface area is 122 Å². The second-order valence-electron chi connectivity index (χ2n) is 6.50. The van der Waals surface area contributed by atoms with Crippen LogP contribution >= 0.6 is 0 Å². The van der Waals surface area contributed by atoms with E-state index in [1.165, 1.54) is 0 Å². The molecular formula is C15H29N5. The van der Waals surface area contributed by atoms with Gasteiger partial charge in [-0.25, -0.2) is 9.67 Å². The van der Waals surface area contributed by atoms with Gasteiger partial charge in [0.2, 0.25) is 0 Å². The third kappa shape index (κ3) is 2.88. The van der Waals surface area contributed by atoms with Crippen molar-refractivity contribution in [2.45, 2.75) is 71.6 Å². The van der Waals surface area contributed by atoms with Gasteiger partial charge >= 0.3 is 0 Å². The third-order valence-corrected chi connectivity index (χ3v) is 4.93. The lowest BCUT2D eigenvalue weighted by Crippen LogP contribution is -2.67. The van der Waals surface area contributed by atoms with Crippen LogP contribution in [0.1, 0.15) is 53.3 Å². The maximum atomic E-state index is 4.44. The zero-order chi connectivity index (χ0) is 14.8. The quantitative estimate of drug-likeness (QED) is 0.896. The van der Waals surface area contributed by atoms with Gasteiger partial charge in [0.1, 0.15) is 12.2 Å². The molecule has 0 unspecified atom stereocenters. The van der Waals surface area contributed by atoms with Crippen LogP contribution in [0.25, 0.3) is 0 Å². The van der Waals surface area contributed by atoms with Crippen LogP contribution in [-0.2, 0) is 13.1 Å². The zero-order valence-electron chi connectivity index (χ0n) is 13.6. The number of hydrogen-bond acceptors (Lipinski definition) is 4. The van der Waals surface area contributed by atoms with Crippen LogP contribution in [0.4, 0.5) is 0 Å². The molecule has 20 heavy (non-hydrogen) atoms. The van der Waals surface area contributed by atoms with E-state index in [0.29, 0.717) is 0 Å². The van der Waals surface area contributed by atoms with Crippen molar-refractivity contribution in [3.63, 3.8) is 0 Å². The van der Waals surface area contributed by atoms with Gasteiger partial charge in [-0.15, -0.1) is 0 Å². The molecule has 0 bridgehead atoms. The van der Waals surface area contributed by atoms with Crippen molar-refractivity contribution in [2.75, 3.05) is 13.1 Å². The molecule has 1 aliphatic rings. The summed E-state index contributed by atoms with van der Waals surface area (Å²) in [4.78, 5) is 7.00. The smallest absolute Gasteiger partial charge is 0.141 e. The van der Waals surface area contributed by atoms with Crippen LogP contribution in [0.15, 0.2) is 6.33 Å². The highest BCUT2D eigenvalue weighted by Gasteiger charge is 2.41. The molecule has 0 atom stereocenters. The van der Waals surface area contributed by atoms with Crippen molar-refractivity contribution in [2.24, 2.45) is 0 Å². The molecule has 0 saturated carbocycles. The minimum atomic E-state index is 0.151. The molecule has 0 aliphatic carbocycles. The summed E-state index contributed by atoms with van der Waals surface area (Å²) in [6, 6.07) is 0. The summed E-state index contributed by atoms with van der Waals surface area (Å²) in [5.41, 5.74) is 0.394. The van der Waals surface area contributed by atoms with Crippen molar-refractivity contribution in [3.8, 4) is 0 Å². The van der Waals surface area contributed by atoms with Gasteiger partial charge in [0.05, 0.1) is 6.54 Å². The van der Waals surface area contributed by atoms with Crippen LogP contribution in [0.3, 0.4) is 0 Å². The Morgan fingerprint density at radius 3 is 2.55 bits per heavy atom. The molecule has 0 aromatic carbocycles. The van der Waals surface area contributed by atoms with Crippen LogP contribution in [0.2, 0.25) is 0 Å². The minimum absolute atomic E-state index is 0.151. The number of hydrogen-bond donors (Lipinski definition) is 1. The van der Waals surface area contributed by atoms with E-state index >= 15 is 0 Å². The van der Waals surface area contributed by atoms with Crippen molar-refractivity contribution in [3.05, 3.63) is 12.2 Å². The van der Waals surface area contributed by atoms with E-state index in [-0.39, 0.29) is 11.1 Å². The SMILES string of the molecule is CCn1ncnc1CN1CC(CC)(CC)NCC1(C)C. The second-order valence-corrected chi connectivity index (χ2v) is 6.50. The topological polar surface area (TPSA) is 46.0 Å². The van der Waals surface area contributed by atoms with Gasteiger partial charge in [-0.1, -0.05) is 13.8 Å². The Balaban J connectivity index is 2.18. The molecule has 5 nitrogen and oxygen atoms in total. The average molecular weight is 279 g/mol. The van der Waals surface area contributed by atoms with E-state index in [4.69, 9.17) is 0 Å². The molecule has 2 rings (SSSR count). The monoisotopic (exact) mass is 279 g/mol. The van der Waals surface area contributed by atoms with E-state index in [1.54, 1.807) is 6.33 Å². The van der Waals surface area contributed by atoms with Gasteiger partial charge in [-0.05, 0) is 33.6 Å². The number of nitrogens with one attached hydrogen (secondary N) is 1. The van der Waals surface area contributed by atoms with Gasteiger partial charge in [-0.3, -0.25) is 4.90 Å². The van der Waals surface area contributed by atoms with E-state index < -0.39 is 0 Å². The van der Waals surface area contributed by atoms with Gasteiger partial charge in [0.15, 0.2) is 0 Å². The fourth-order valence-corrected chi connectivity index (χ4v) is 2.99. The highest BCUT2D eigenvalue weighted by atomic mass is 15.4. The van der Waals surface area contributed by atoms with E-state index in [0.717, 1.165) is 44.8 Å². The van der Waals surface area contributed by atoms with Crippen LogP contribution < -0.4 is 5.32 Å². The average Bonchev–Trinajstić information content (AvgIpc) is 2.89. The van der Waals surface area contributed by atoms with E-state index in [1.807, 2.05) is 4.68 Å². The number of piperazine rings is 1. The molecule has 114 valence electrons. The normalized spacial score (nSPS) is 22.1. The van der Waals surface area contributed by atoms with Crippen molar-refractivity contribution >= 4 is 0 Å². The van der Waals surface area contributed by atoms with Gasteiger partial charge < -0.3 is 5.32 Å². The Morgan fingerprint density at radius 2 is 1.95 bits per heavy atom. The first kappa shape index (κ1) is 15.4. The maximum absolute atomic E-state index is 4.44. The van der Waals surface area contributed by atoms with Crippen LogP contribution in [0.5, 0.6) is 0 Å². The third-order valence-electron chi connectivity index (χ3n) is 4.93. The van der Waals surface area contributed by atoms with Crippen molar-refractivity contribution < 1.29 is 0 Å². The molecule has 0 spiro atoms. The highest BCUT2D eigenvalue weighted by molar-refractivity contribution is 5.02. The molecule has 2 heterocycles. The first-order valence-corrected chi connectivity index (χ1v) is 7.83. The zero-order valence-corrected chi connectivity index (χ0v) is 13.6. The first-order valence-electron chi connectivity index (χ1n) is 7.83. The molecule has 5 heteroatoms. The molecular weight excluding hydrogens is 250 g/mol. The number of nitrogens with zero attached hydrogens (tertiary/aromatic N) is 4. The van der Waals surface area contributed by atoms with Crippen molar-refractivity contribution in [1.82, 2.24) is 25.0 Å². The summed E-state index contributed by atoms with van der Waals surface area (Å²) >= 11 is 0. The Bertz CT molecular complexity index is 433. The summed E-state index contributed by atoms with van der Waals surface area (Å²) in [5, 5.41) is 8.06. The Hall–Kier alpha value is -0.940. The maximum Gasteiger partial charge on any atom is 0.141 e. The number of rotatable bonds is 5. The molecule has 1 fully saturated rings. The summed E-state index contributed by atoms with van der Waals surface area (Å²) in [6.45, 7) is 15.1. The van der Waals surface area contributed by atoms with Gasteiger partial charge in [0.25, 0.3) is 0 Å².